The molecule has 0 saturated heterocycles. The van der Waals surface area contributed by atoms with Crippen molar-refractivity contribution >= 4 is 23.2 Å². The Labute approximate surface area is 116 Å². The second-order valence-corrected chi connectivity index (χ2v) is 3.77. The molecule has 0 aliphatic carbocycles. The number of anilines is 1. The third kappa shape index (κ3) is 3.06. The molecule has 0 radical (unpaired) electrons. The minimum Gasteiger partial charge on any atom is -0.417 e. The summed E-state index contributed by atoms with van der Waals surface area (Å²) in [6.07, 6.45) is 0. The maximum atomic E-state index is 13.1. The van der Waals surface area contributed by atoms with E-state index in [1.165, 1.54) is 0 Å². The first-order valence-electron chi connectivity index (χ1n) is 5.20. The van der Waals surface area contributed by atoms with Gasteiger partial charge in [-0.2, -0.15) is 15.0 Å². The summed E-state index contributed by atoms with van der Waals surface area (Å²) in [4.78, 5) is 21.3. The van der Waals surface area contributed by atoms with Crippen molar-refractivity contribution in [2.75, 3.05) is 12.4 Å². The summed E-state index contributed by atoms with van der Waals surface area (Å²) in [5.41, 5.74) is -0.422. The maximum Gasteiger partial charge on any atom is 0.328 e. The molecular weight excluding hydrogens is 293 g/mol. The molecule has 8 nitrogen and oxygen atoms in total. The van der Waals surface area contributed by atoms with Gasteiger partial charge in [-0.05, 0) is 17.7 Å². The number of aromatic nitrogens is 3. The molecule has 0 aliphatic heterocycles. The van der Waals surface area contributed by atoms with Crippen LogP contribution in [0.2, 0.25) is 5.28 Å². The van der Waals surface area contributed by atoms with Gasteiger partial charge in [-0.25, -0.2) is 4.39 Å². The van der Waals surface area contributed by atoms with Crippen LogP contribution >= 0.6 is 11.6 Å². The Morgan fingerprint density at radius 1 is 1.40 bits per heavy atom. The van der Waals surface area contributed by atoms with E-state index in [1.54, 1.807) is 7.05 Å². The molecule has 0 spiro atoms. The molecule has 20 heavy (non-hydrogen) atoms. The standard InChI is InChI=1S/C10H7ClFN5O3/c1-13-9-14-8(11)15-10(16-9)20-7-4-5(12)2-3-6(7)17(18)19/h2-4H,1H3,(H,13,14,15,16). The zero-order chi connectivity index (χ0) is 14.7. The molecule has 1 heterocycles. The van der Waals surface area contributed by atoms with E-state index in [0.29, 0.717) is 0 Å². The van der Waals surface area contributed by atoms with Crippen LogP contribution in [0.5, 0.6) is 11.8 Å². The number of hydrogen-bond donors (Lipinski definition) is 1. The van der Waals surface area contributed by atoms with Crippen LogP contribution in [-0.2, 0) is 0 Å². The van der Waals surface area contributed by atoms with Gasteiger partial charge in [0.25, 0.3) is 0 Å². The second-order valence-electron chi connectivity index (χ2n) is 3.43. The summed E-state index contributed by atoms with van der Waals surface area (Å²) in [7, 11) is 1.54. The van der Waals surface area contributed by atoms with Crippen LogP contribution in [0.1, 0.15) is 0 Å². The van der Waals surface area contributed by atoms with E-state index in [9.17, 15) is 14.5 Å². The van der Waals surface area contributed by atoms with Gasteiger partial charge in [-0.1, -0.05) is 0 Å². The lowest BCUT2D eigenvalue weighted by Gasteiger charge is -2.06. The first kappa shape index (κ1) is 13.9. The summed E-state index contributed by atoms with van der Waals surface area (Å²) < 4.78 is 18.3. The highest BCUT2D eigenvalue weighted by Gasteiger charge is 2.18. The van der Waals surface area contributed by atoms with Crippen molar-refractivity contribution in [2.24, 2.45) is 0 Å². The molecule has 104 valence electrons. The number of nitrogens with zero attached hydrogens (tertiary/aromatic N) is 4. The fraction of sp³-hybridized carbons (Fsp3) is 0.100. The molecule has 0 fully saturated rings. The van der Waals surface area contributed by atoms with Crippen LogP contribution in [0.15, 0.2) is 18.2 Å². The predicted molar refractivity (Wildman–Crippen MR) is 67.5 cm³/mol. The summed E-state index contributed by atoms with van der Waals surface area (Å²) >= 11 is 5.64. The third-order valence-corrected chi connectivity index (χ3v) is 2.30. The van der Waals surface area contributed by atoms with Crippen LogP contribution in [0.25, 0.3) is 0 Å². The predicted octanol–water partition coefficient (Wildman–Crippen LogP) is 2.41. The van der Waals surface area contributed by atoms with Crippen molar-refractivity contribution in [3.05, 3.63) is 39.4 Å². The number of nitrogens with one attached hydrogen (secondary N) is 1. The van der Waals surface area contributed by atoms with Gasteiger partial charge >= 0.3 is 11.7 Å². The molecule has 0 aliphatic rings. The van der Waals surface area contributed by atoms with Crippen molar-refractivity contribution < 1.29 is 14.1 Å². The summed E-state index contributed by atoms with van der Waals surface area (Å²) in [6, 6.07) is 2.49. The van der Waals surface area contributed by atoms with E-state index in [4.69, 9.17) is 16.3 Å². The first-order valence-corrected chi connectivity index (χ1v) is 5.58. The van der Waals surface area contributed by atoms with Crippen molar-refractivity contribution in [2.45, 2.75) is 0 Å². The Kier molecular flexibility index (Phi) is 3.89. The Bertz CT molecular complexity index is 669. The monoisotopic (exact) mass is 299 g/mol. The quantitative estimate of drug-likeness (QED) is 0.683. The van der Waals surface area contributed by atoms with Crippen molar-refractivity contribution in [1.82, 2.24) is 15.0 Å². The fourth-order valence-electron chi connectivity index (χ4n) is 1.31. The van der Waals surface area contributed by atoms with Crippen LogP contribution < -0.4 is 10.1 Å². The Hall–Kier alpha value is -2.55. The zero-order valence-corrected chi connectivity index (χ0v) is 10.8. The molecule has 0 unspecified atom stereocenters. The van der Waals surface area contributed by atoms with E-state index in [1.807, 2.05) is 0 Å². The highest BCUT2D eigenvalue weighted by atomic mass is 35.5. The average Bonchev–Trinajstić information content (AvgIpc) is 2.37. The average molecular weight is 300 g/mol. The first-order chi connectivity index (χ1) is 9.49. The van der Waals surface area contributed by atoms with E-state index in [0.717, 1.165) is 18.2 Å². The minimum atomic E-state index is -0.712. The lowest BCUT2D eigenvalue weighted by Crippen LogP contribution is -2.02. The number of rotatable bonds is 4. The number of halogens is 2. The second kappa shape index (κ2) is 5.61. The van der Waals surface area contributed by atoms with Gasteiger partial charge in [0.05, 0.1) is 4.92 Å². The molecule has 1 aromatic heterocycles. The number of nitro groups is 1. The minimum absolute atomic E-state index is 0.110. The van der Waals surface area contributed by atoms with Crippen molar-refractivity contribution in [1.29, 1.82) is 0 Å². The number of hydrogen-bond acceptors (Lipinski definition) is 7. The van der Waals surface area contributed by atoms with Crippen molar-refractivity contribution in [3.63, 3.8) is 0 Å². The number of nitro benzene ring substituents is 1. The lowest BCUT2D eigenvalue weighted by atomic mass is 10.3. The molecule has 2 rings (SSSR count). The maximum absolute atomic E-state index is 13.1. The number of benzene rings is 1. The fourth-order valence-corrected chi connectivity index (χ4v) is 1.46. The van der Waals surface area contributed by atoms with Gasteiger partial charge in [0, 0.05) is 19.2 Å². The van der Waals surface area contributed by atoms with Gasteiger partial charge in [0.1, 0.15) is 5.82 Å². The van der Waals surface area contributed by atoms with Gasteiger partial charge in [0.2, 0.25) is 17.0 Å². The SMILES string of the molecule is CNc1nc(Cl)nc(Oc2cc(F)ccc2[N+](=O)[O-])n1. The van der Waals surface area contributed by atoms with Gasteiger partial charge in [-0.15, -0.1) is 0 Å². The normalized spacial score (nSPS) is 10.2. The lowest BCUT2D eigenvalue weighted by molar-refractivity contribution is -0.385. The molecule has 0 amide bonds. The molecule has 1 N–H and O–H groups in total. The molecule has 1 aromatic carbocycles. The molecular formula is C10H7ClFN5O3. The molecule has 2 aromatic rings. The van der Waals surface area contributed by atoms with E-state index >= 15 is 0 Å². The highest BCUT2D eigenvalue weighted by Crippen LogP contribution is 2.30. The molecule has 0 saturated carbocycles. The van der Waals surface area contributed by atoms with Crippen molar-refractivity contribution in [3.8, 4) is 11.8 Å². The topological polar surface area (TPSA) is 103 Å². The van der Waals surface area contributed by atoms with Gasteiger partial charge < -0.3 is 10.1 Å². The van der Waals surface area contributed by atoms with Crippen LogP contribution in [0, 0.1) is 15.9 Å². The van der Waals surface area contributed by atoms with E-state index < -0.39 is 16.4 Å². The summed E-state index contributed by atoms with van der Waals surface area (Å²) in [5.74, 6) is -0.919. The smallest absolute Gasteiger partial charge is 0.328 e. The zero-order valence-electron chi connectivity index (χ0n) is 10.0. The van der Waals surface area contributed by atoms with Crippen LogP contribution in [0.4, 0.5) is 16.0 Å². The van der Waals surface area contributed by atoms with Crippen LogP contribution in [0.3, 0.4) is 0 Å². The molecule has 0 atom stereocenters. The Balaban J connectivity index is 2.41. The van der Waals surface area contributed by atoms with Gasteiger partial charge in [-0.3, -0.25) is 10.1 Å². The Morgan fingerprint density at radius 3 is 2.80 bits per heavy atom. The summed E-state index contributed by atoms with van der Waals surface area (Å²) in [6.45, 7) is 0. The van der Waals surface area contributed by atoms with E-state index in [-0.39, 0.29) is 23.0 Å². The Morgan fingerprint density at radius 2 is 2.15 bits per heavy atom. The van der Waals surface area contributed by atoms with Gasteiger partial charge in [0.15, 0.2) is 0 Å². The largest absolute Gasteiger partial charge is 0.417 e. The third-order valence-electron chi connectivity index (χ3n) is 2.13. The molecule has 0 bridgehead atoms. The van der Waals surface area contributed by atoms with Crippen LogP contribution in [-0.4, -0.2) is 26.9 Å². The highest BCUT2D eigenvalue weighted by molar-refractivity contribution is 6.28. The number of ether oxygens (including phenoxy) is 1. The summed E-state index contributed by atoms with van der Waals surface area (Å²) in [5, 5.41) is 13.3. The van der Waals surface area contributed by atoms with E-state index in [2.05, 4.69) is 20.3 Å². The molecule has 10 heteroatoms.